The fourth-order valence-electron chi connectivity index (χ4n) is 3.02. The van der Waals surface area contributed by atoms with Crippen LogP contribution in [0.4, 0.5) is 27.8 Å². The third kappa shape index (κ3) is 3.94. The van der Waals surface area contributed by atoms with Crippen LogP contribution in [-0.2, 0) is 0 Å². The van der Waals surface area contributed by atoms with Crippen LogP contribution in [-0.4, -0.2) is 46.1 Å². The number of aromatic nitrogens is 4. The summed E-state index contributed by atoms with van der Waals surface area (Å²) in [6.07, 6.45) is 3.50. The second kappa shape index (κ2) is 7.53. The Bertz CT molecular complexity index is 911. The van der Waals surface area contributed by atoms with E-state index in [4.69, 9.17) is 0 Å². The number of benzene rings is 1. The molecule has 3 aromatic rings. The average Bonchev–Trinajstić information content (AvgIpc) is 2.70. The van der Waals surface area contributed by atoms with Gasteiger partial charge in [-0.2, -0.15) is 4.98 Å². The molecule has 1 aromatic carbocycles. The van der Waals surface area contributed by atoms with Gasteiger partial charge in [-0.3, -0.25) is 0 Å². The third-order valence-corrected chi connectivity index (χ3v) is 4.38. The van der Waals surface area contributed by atoms with Crippen LogP contribution in [0.2, 0.25) is 0 Å². The molecule has 0 spiro atoms. The molecule has 1 aliphatic heterocycles. The number of nitrogens with one attached hydrogen (secondary N) is 1. The fraction of sp³-hybridized carbons (Fsp3) is 0.263. The Balaban J connectivity index is 1.48. The molecule has 0 amide bonds. The van der Waals surface area contributed by atoms with Gasteiger partial charge in [0.15, 0.2) is 0 Å². The molecular weight excluding hydrogens is 345 g/mol. The summed E-state index contributed by atoms with van der Waals surface area (Å²) in [5.74, 6) is 1.65. The summed E-state index contributed by atoms with van der Waals surface area (Å²) in [4.78, 5) is 22.0. The minimum atomic E-state index is -0.313. The van der Waals surface area contributed by atoms with Gasteiger partial charge in [-0.15, -0.1) is 0 Å². The second-order valence-corrected chi connectivity index (χ2v) is 6.32. The van der Waals surface area contributed by atoms with E-state index in [-0.39, 0.29) is 5.82 Å². The highest BCUT2D eigenvalue weighted by Crippen LogP contribution is 2.21. The summed E-state index contributed by atoms with van der Waals surface area (Å²) < 4.78 is 13.9. The van der Waals surface area contributed by atoms with Crippen LogP contribution in [0.3, 0.4) is 0 Å². The molecule has 3 heterocycles. The van der Waals surface area contributed by atoms with Gasteiger partial charge in [0.2, 0.25) is 11.9 Å². The monoisotopic (exact) mass is 365 g/mol. The van der Waals surface area contributed by atoms with Gasteiger partial charge in [-0.1, -0.05) is 12.1 Å². The predicted molar refractivity (Wildman–Crippen MR) is 103 cm³/mol. The Morgan fingerprint density at radius 2 is 1.56 bits per heavy atom. The van der Waals surface area contributed by atoms with Gasteiger partial charge in [0.1, 0.15) is 11.6 Å². The summed E-state index contributed by atoms with van der Waals surface area (Å²) >= 11 is 0. The SMILES string of the molecule is Cc1cc(Nc2ccccc2F)nc(N2CCN(c3ncccn3)CC2)n1. The first kappa shape index (κ1) is 17.1. The number of piperazine rings is 1. The van der Waals surface area contributed by atoms with E-state index in [1.807, 2.05) is 19.1 Å². The summed E-state index contributed by atoms with van der Waals surface area (Å²) in [5, 5.41) is 3.04. The lowest BCUT2D eigenvalue weighted by atomic mass is 10.3. The van der Waals surface area contributed by atoms with Crippen molar-refractivity contribution in [2.24, 2.45) is 0 Å². The third-order valence-electron chi connectivity index (χ3n) is 4.38. The van der Waals surface area contributed by atoms with Gasteiger partial charge in [0.05, 0.1) is 5.69 Å². The van der Waals surface area contributed by atoms with E-state index in [1.165, 1.54) is 6.07 Å². The van der Waals surface area contributed by atoms with Crippen molar-refractivity contribution in [1.82, 2.24) is 19.9 Å². The number of anilines is 4. The van der Waals surface area contributed by atoms with Crippen LogP contribution in [0.1, 0.15) is 5.69 Å². The lowest BCUT2D eigenvalue weighted by Gasteiger charge is -2.34. The number of hydrogen-bond acceptors (Lipinski definition) is 7. The number of para-hydroxylation sites is 1. The summed E-state index contributed by atoms with van der Waals surface area (Å²) in [6, 6.07) is 10.2. The van der Waals surface area contributed by atoms with Crippen molar-refractivity contribution in [3.63, 3.8) is 0 Å². The van der Waals surface area contributed by atoms with Gasteiger partial charge >= 0.3 is 0 Å². The van der Waals surface area contributed by atoms with E-state index < -0.39 is 0 Å². The quantitative estimate of drug-likeness (QED) is 0.762. The Hall–Kier alpha value is -3.29. The standard InChI is InChI=1S/C19H20FN7/c1-14-13-17(24-16-6-3-2-5-15(16)20)25-19(23-14)27-11-9-26(10-12-27)18-21-7-4-8-22-18/h2-8,13H,9-12H2,1H3,(H,23,24,25). The Morgan fingerprint density at radius 1 is 0.889 bits per heavy atom. The Labute approximate surface area is 156 Å². The van der Waals surface area contributed by atoms with Crippen LogP contribution in [0.15, 0.2) is 48.8 Å². The lowest BCUT2D eigenvalue weighted by Crippen LogP contribution is -2.47. The van der Waals surface area contributed by atoms with Gasteiger partial charge in [-0.25, -0.2) is 19.3 Å². The van der Waals surface area contributed by atoms with E-state index in [2.05, 4.69) is 35.1 Å². The molecule has 27 heavy (non-hydrogen) atoms. The molecular formula is C19H20FN7. The molecule has 0 bridgehead atoms. The normalized spacial score (nSPS) is 14.3. The fourth-order valence-corrected chi connectivity index (χ4v) is 3.02. The smallest absolute Gasteiger partial charge is 0.227 e. The highest BCUT2D eigenvalue weighted by atomic mass is 19.1. The van der Waals surface area contributed by atoms with E-state index in [9.17, 15) is 4.39 Å². The molecule has 8 heteroatoms. The van der Waals surface area contributed by atoms with Crippen molar-refractivity contribution >= 4 is 23.4 Å². The van der Waals surface area contributed by atoms with Crippen molar-refractivity contribution < 1.29 is 4.39 Å². The van der Waals surface area contributed by atoms with Gasteiger partial charge < -0.3 is 15.1 Å². The first-order valence-corrected chi connectivity index (χ1v) is 8.83. The molecule has 4 rings (SSSR count). The second-order valence-electron chi connectivity index (χ2n) is 6.32. The molecule has 1 fully saturated rings. The van der Waals surface area contributed by atoms with Gasteiger partial charge in [0.25, 0.3) is 0 Å². The molecule has 1 aliphatic rings. The summed E-state index contributed by atoms with van der Waals surface area (Å²) in [6.45, 7) is 5.02. The molecule has 0 atom stereocenters. The van der Waals surface area contributed by atoms with Crippen molar-refractivity contribution in [3.05, 3.63) is 60.3 Å². The maximum atomic E-state index is 13.9. The van der Waals surface area contributed by atoms with Crippen molar-refractivity contribution in [3.8, 4) is 0 Å². The van der Waals surface area contributed by atoms with Crippen LogP contribution in [0.5, 0.6) is 0 Å². The summed E-state index contributed by atoms with van der Waals surface area (Å²) in [5.41, 5.74) is 1.22. The molecule has 2 aromatic heterocycles. The zero-order chi connectivity index (χ0) is 18.6. The molecule has 1 N–H and O–H groups in total. The number of hydrogen-bond donors (Lipinski definition) is 1. The van der Waals surface area contributed by atoms with Gasteiger partial charge in [0, 0.05) is 50.3 Å². The lowest BCUT2D eigenvalue weighted by molar-refractivity contribution is 0.626. The van der Waals surface area contributed by atoms with Crippen LogP contribution in [0, 0.1) is 12.7 Å². The molecule has 138 valence electrons. The number of halogens is 1. The van der Waals surface area contributed by atoms with Crippen LogP contribution >= 0.6 is 0 Å². The molecule has 1 saturated heterocycles. The van der Waals surface area contributed by atoms with Crippen LogP contribution in [0.25, 0.3) is 0 Å². The molecule has 0 aliphatic carbocycles. The minimum absolute atomic E-state index is 0.313. The van der Waals surface area contributed by atoms with Crippen LogP contribution < -0.4 is 15.1 Å². The van der Waals surface area contributed by atoms with E-state index in [0.29, 0.717) is 17.5 Å². The maximum Gasteiger partial charge on any atom is 0.227 e. The molecule has 0 saturated carbocycles. The number of nitrogens with zero attached hydrogens (tertiary/aromatic N) is 6. The van der Waals surface area contributed by atoms with Gasteiger partial charge in [-0.05, 0) is 25.1 Å². The van der Waals surface area contributed by atoms with E-state index in [0.717, 1.165) is 37.8 Å². The highest BCUT2D eigenvalue weighted by Gasteiger charge is 2.21. The first-order valence-electron chi connectivity index (χ1n) is 8.83. The number of aryl methyl sites for hydroxylation is 1. The molecule has 0 unspecified atom stereocenters. The largest absolute Gasteiger partial charge is 0.338 e. The predicted octanol–water partition coefficient (Wildman–Crippen LogP) is 2.78. The Kier molecular flexibility index (Phi) is 4.78. The first-order chi connectivity index (χ1) is 13.2. The molecule has 7 nitrogen and oxygen atoms in total. The highest BCUT2D eigenvalue weighted by molar-refractivity contribution is 5.58. The Morgan fingerprint density at radius 3 is 2.26 bits per heavy atom. The topological polar surface area (TPSA) is 70.1 Å². The molecule has 0 radical (unpaired) electrons. The average molecular weight is 365 g/mol. The maximum absolute atomic E-state index is 13.9. The number of rotatable bonds is 4. The van der Waals surface area contributed by atoms with Crippen molar-refractivity contribution in [2.45, 2.75) is 6.92 Å². The van der Waals surface area contributed by atoms with Crippen molar-refractivity contribution in [1.29, 1.82) is 0 Å². The van der Waals surface area contributed by atoms with Crippen molar-refractivity contribution in [2.75, 3.05) is 41.3 Å². The van der Waals surface area contributed by atoms with E-state index in [1.54, 1.807) is 30.6 Å². The zero-order valence-electron chi connectivity index (χ0n) is 15.0. The zero-order valence-corrected chi connectivity index (χ0v) is 15.0. The summed E-state index contributed by atoms with van der Waals surface area (Å²) in [7, 11) is 0. The minimum Gasteiger partial charge on any atom is -0.338 e. The van der Waals surface area contributed by atoms with E-state index >= 15 is 0 Å².